The molecule has 6 heteroatoms. The predicted molar refractivity (Wildman–Crippen MR) is 115 cm³/mol. The summed E-state index contributed by atoms with van der Waals surface area (Å²) < 4.78 is 8.64. The number of aliphatic hydroxyl groups excluding tert-OH is 1. The second-order valence-electron chi connectivity index (χ2n) is 7.61. The van der Waals surface area contributed by atoms with E-state index in [0.29, 0.717) is 6.04 Å². The summed E-state index contributed by atoms with van der Waals surface area (Å²) in [6, 6.07) is 17.5. The fourth-order valence-corrected chi connectivity index (χ4v) is 4.65. The summed E-state index contributed by atoms with van der Waals surface area (Å²) in [5.41, 5.74) is 4.68. The third-order valence-corrected chi connectivity index (χ3v) is 6.19. The van der Waals surface area contributed by atoms with Crippen molar-refractivity contribution in [2.45, 2.75) is 31.8 Å². The molecule has 28 heavy (non-hydrogen) atoms. The van der Waals surface area contributed by atoms with E-state index in [9.17, 15) is 5.11 Å². The van der Waals surface area contributed by atoms with E-state index in [1.54, 1.807) is 0 Å². The lowest BCUT2D eigenvalue weighted by molar-refractivity contribution is 0.0547. The monoisotopic (exact) mass is 396 g/mol. The van der Waals surface area contributed by atoms with Gasteiger partial charge in [0.2, 0.25) is 0 Å². The average molecular weight is 397 g/mol. The molecule has 1 aromatic heterocycles. The zero-order chi connectivity index (χ0) is 19.2. The summed E-state index contributed by atoms with van der Waals surface area (Å²) in [4.78, 5) is 5.08. The van der Waals surface area contributed by atoms with Crippen molar-refractivity contribution in [2.24, 2.45) is 0 Å². The Labute approximate surface area is 170 Å². The molecule has 1 aliphatic rings. The molecule has 1 atom stereocenters. The molecule has 0 saturated carbocycles. The van der Waals surface area contributed by atoms with Crippen LogP contribution in [0.5, 0.6) is 0 Å². The van der Waals surface area contributed by atoms with Gasteiger partial charge in [0.1, 0.15) is 11.0 Å². The number of aliphatic hydroxyl groups is 1. The van der Waals surface area contributed by atoms with Crippen LogP contribution in [0.25, 0.3) is 11.0 Å². The van der Waals surface area contributed by atoms with Crippen molar-refractivity contribution in [2.75, 3.05) is 32.8 Å². The first kappa shape index (κ1) is 19.5. The fourth-order valence-electron chi connectivity index (χ4n) is 4.13. The Morgan fingerprint density at radius 3 is 2.71 bits per heavy atom. The Morgan fingerprint density at radius 2 is 1.86 bits per heavy atom. The predicted octanol–water partition coefficient (Wildman–Crippen LogP) is 3.19. The van der Waals surface area contributed by atoms with Crippen LogP contribution in [-0.2, 0) is 13.0 Å². The molecular weight excluding hydrogens is 368 g/mol. The van der Waals surface area contributed by atoms with Crippen molar-refractivity contribution < 1.29 is 5.11 Å². The first-order valence-electron chi connectivity index (χ1n) is 10.1. The SMILES string of the molecule is OCC[C@H]1CN(Cc2ccc3nsnc3c2)CCN1CCCc1ccccc1. The number of rotatable bonds is 8. The highest BCUT2D eigenvalue weighted by molar-refractivity contribution is 7.00. The fraction of sp³-hybridized carbons (Fsp3) is 0.455. The number of hydrogen-bond acceptors (Lipinski definition) is 6. The van der Waals surface area contributed by atoms with E-state index in [1.165, 1.54) is 29.3 Å². The van der Waals surface area contributed by atoms with Gasteiger partial charge in [-0.15, -0.1) is 0 Å². The summed E-state index contributed by atoms with van der Waals surface area (Å²) >= 11 is 1.27. The van der Waals surface area contributed by atoms with E-state index in [1.807, 2.05) is 0 Å². The lowest BCUT2D eigenvalue weighted by Crippen LogP contribution is -2.53. The first-order valence-corrected chi connectivity index (χ1v) is 10.9. The lowest BCUT2D eigenvalue weighted by Gasteiger charge is -2.41. The Hall–Kier alpha value is -1.86. The minimum atomic E-state index is 0.254. The maximum atomic E-state index is 9.55. The Balaban J connectivity index is 1.31. The van der Waals surface area contributed by atoms with Crippen LogP contribution in [0.3, 0.4) is 0 Å². The van der Waals surface area contributed by atoms with Crippen molar-refractivity contribution in [3.8, 4) is 0 Å². The van der Waals surface area contributed by atoms with Gasteiger partial charge in [-0.25, -0.2) is 0 Å². The van der Waals surface area contributed by atoms with Crippen LogP contribution in [0.1, 0.15) is 24.0 Å². The lowest BCUT2D eigenvalue weighted by atomic mass is 10.1. The van der Waals surface area contributed by atoms with E-state index < -0.39 is 0 Å². The van der Waals surface area contributed by atoms with Gasteiger partial charge in [-0.05, 0) is 49.1 Å². The third kappa shape index (κ3) is 4.94. The van der Waals surface area contributed by atoms with Gasteiger partial charge in [-0.1, -0.05) is 36.4 Å². The Morgan fingerprint density at radius 1 is 1.00 bits per heavy atom. The number of hydrogen-bond donors (Lipinski definition) is 1. The van der Waals surface area contributed by atoms with Gasteiger partial charge in [0.25, 0.3) is 0 Å². The molecule has 1 saturated heterocycles. The molecule has 0 amide bonds. The van der Waals surface area contributed by atoms with Gasteiger partial charge < -0.3 is 5.11 Å². The summed E-state index contributed by atoms with van der Waals surface area (Å²) in [5.74, 6) is 0. The van der Waals surface area contributed by atoms with Crippen molar-refractivity contribution in [1.29, 1.82) is 0 Å². The zero-order valence-corrected chi connectivity index (χ0v) is 17.0. The number of benzene rings is 2. The molecule has 4 rings (SSSR count). The number of fused-ring (bicyclic) bond motifs is 1. The molecule has 3 aromatic rings. The third-order valence-electron chi connectivity index (χ3n) is 5.63. The molecule has 0 unspecified atom stereocenters. The van der Waals surface area contributed by atoms with E-state index in [-0.39, 0.29) is 6.61 Å². The second-order valence-corrected chi connectivity index (χ2v) is 8.14. The van der Waals surface area contributed by atoms with Crippen molar-refractivity contribution in [1.82, 2.24) is 18.5 Å². The second kappa shape index (κ2) is 9.56. The average Bonchev–Trinajstić information content (AvgIpc) is 3.18. The number of nitrogens with zero attached hydrogens (tertiary/aromatic N) is 4. The van der Waals surface area contributed by atoms with Crippen molar-refractivity contribution >= 4 is 22.8 Å². The minimum Gasteiger partial charge on any atom is -0.396 e. The van der Waals surface area contributed by atoms with Crippen LogP contribution in [0.2, 0.25) is 0 Å². The van der Waals surface area contributed by atoms with Crippen LogP contribution in [-0.4, -0.2) is 62.5 Å². The highest BCUT2D eigenvalue weighted by atomic mass is 32.1. The summed E-state index contributed by atoms with van der Waals surface area (Å²) in [5, 5.41) is 9.55. The molecule has 1 N–H and O–H groups in total. The van der Waals surface area contributed by atoms with Crippen LogP contribution >= 0.6 is 11.7 Å². The largest absolute Gasteiger partial charge is 0.396 e. The standard InChI is InChI=1S/C22H28N4OS/c27-14-10-20-17-25(16-19-8-9-21-22(15-19)24-28-23-21)12-13-26(20)11-4-7-18-5-2-1-3-6-18/h1-3,5-6,8-9,15,20,27H,4,7,10-14,16-17H2/t20-/m0/s1. The molecular formula is C22H28N4OS. The van der Waals surface area contributed by atoms with Crippen molar-refractivity contribution in [3.05, 3.63) is 59.7 Å². The van der Waals surface area contributed by atoms with Crippen LogP contribution in [0.4, 0.5) is 0 Å². The molecule has 2 heterocycles. The van der Waals surface area contributed by atoms with Crippen LogP contribution in [0.15, 0.2) is 48.5 Å². The van der Waals surface area contributed by atoms with E-state index in [2.05, 4.69) is 67.1 Å². The molecule has 0 spiro atoms. The summed E-state index contributed by atoms with van der Waals surface area (Å²) in [7, 11) is 0. The van der Waals surface area contributed by atoms with E-state index >= 15 is 0 Å². The van der Waals surface area contributed by atoms with E-state index in [0.717, 1.165) is 56.6 Å². The molecule has 1 aliphatic heterocycles. The van der Waals surface area contributed by atoms with Crippen molar-refractivity contribution in [3.63, 3.8) is 0 Å². The Kier molecular flexibility index (Phi) is 6.65. The normalized spacial score (nSPS) is 18.7. The number of aryl methyl sites for hydroxylation is 1. The topological polar surface area (TPSA) is 52.5 Å². The molecule has 5 nitrogen and oxygen atoms in total. The number of aromatic nitrogens is 2. The smallest absolute Gasteiger partial charge is 0.105 e. The summed E-state index contributed by atoms with van der Waals surface area (Å²) in [6.45, 7) is 5.45. The van der Waals surface area contributed by atoms with Gasteiger partial charge >= 0.3 is 0 Å². The zero-order valence-electron chi connectivity index (χ0n) is 16.2. The molecule has 1 fully saturated rings. The van der Waals surface area contributed by atoms with Crippen LogP contribution in [0, 0.1) is 0 Å². The van der Waals surface area contributed by atoms with Crippen LogP contribution < -0.4 is 0 Å². The number of piperazine rings is 1. The molecule has 2 aromatic carbocycles. The maximum Gasteiger partial charge on any atom is 0.105 e. The minimum absolute atomic E-state index is 0.254. The molecule has 148 valence electrons. The van der Waals surface area contributed by atoms with E-state index in [4.69, 9.17) is 0 Å². The molecule has 0 aliphatic carbocycles. The molecule has 0 radical (unpaired) electrons. The van der Waals surface area contributed by atoms with Gasteiger partial charge in [-0.3, -0.25) is 9.80 Å². The molecule has 0 bridgehead atoms. The highest BCUT2D eigenvalue weighted by Gasteiger charge is 2.26. The van der Waals surface area contributed by atoms with Gasteiger partial charge in [0.15, 0.2) is 0 Å². The summed E-state index contributed by atoms with van der Waals surface area (Å²) in [6.07, 6.45) is 3.13. The maximum absolute atomic E-state index is 9.55. The van der Waals surface area contributed by atoms with Gasteiger partial charge in [0.05, 0.1) is 11.7 Å². The quantitative estimate of drug-likeness (QED) is 0.634. The Bertz CT molecular complexity index is 869. The van der Waals surface area contributed by atoms with Gasteiger partial charge in [-0.2, -0.15) is 8.75 Å². The van der Waals surface area contributed by atoms with Gasteiger partial charge in [0, 0.05) is 38.8 Å². The highest BCUT2D eigenvalue weighted by Crippen LogP contribution is 2.19. The first-order chi connectivity index (χ1) is 13.8.